The second kappa shape index (κ2) is 5.18. The second-order valence-corrected chi connectivity index (χ2v) is 9.39. The molecule has 0 bridgehead atoms. The zero-order valence-corrected chi connectivity index (χ0v) is 13.2. The zero-order chi connectivity index (χ0) is 15.1. The molecule has 1 aromatic rings. The Labute approximate surface area is 123 Å². The van der Waals surface area contributed by atoms with Crippen LogP contribution < -0.4 is 5.73 Å². The van der Waals surface area contributed by atoms with E-state index in [0.29, 0.717) is 11.4 Å². The zero-order valence-electron chi connectivity index (χ0n) is 10.8. The number of nitrogens with two attached hydrogens (primary N) is 1. The van der Waals surface area contributed by atoms with Crippen molar-refractivity contribution < 1.29 is 16.8 Å². The van der Waals surface area contributed by atoms with Crippen LogP contribution in [0.25, 0.3) is 0 Å². The summed E-state index contributed by atoms with van der Waals surface area (Å²) >= 11 is 5.74. The highest BCUT2D eigenvalue weighted by Gasteiger charge is 2.37. The Morgan fingerprint density at radius 1 is 1.40 bits per heavy atom. The number of sulfone groups is 1. The Hall–Kier alpha value is -0.830. The van der Waals surface area contributed by atoms with Gasteiger partial charge in [-0.2, -0.15) is 4.31 Å². The third-order valence-corrected chi connectivity index (χ3v) is 7.32. The van der Waals surface area contributed by atoms with Crippen LogP contribution in [0, 0.1) is 0 Å². The smallest absolute Gasteiger partial charge is 0.245 e. The van der Waals surface area contributed by atoms with E-state index >= 15 is 0 Å². The quantitative estimate of drug-likeness (QED) is 0.819. The maximum absolute atomic E-state index is 12.5. The van der Waals surface area contributed by atoms with E-state index in [9.17, 15) is 16.8 Å². The van der Waals surface area contributed by atoms with Crippen molar-refractivity contribution in [3.63, 3.8) is 0 Å². The Bertz CT molecular complexity index is 731. The number of hydrogen-bond acceptors (Lipinski definition) is 5. The van der Waals surface area contributed by atoms with Crippen LogP contribution in [0.2, 0.25) is 5.02 Å². The summed E-state index contributed by atoms with van der Waals surface area (Å²) in [6, 6.07) is 3.56. The number of halogens is 1. The molecule has 0 spiro atoms. The van der Waals surface area contributed by atoms with E-state index in [-0.39, 0.29) is 22.1 Å². The number of rotatable bonds is 3. The van der Waals surface area contributed by atoms with Crippen molar-refractivity contribution in [2.24, 2.45) is 0 Å². The van der Waals surface area contributed by atoms with Gasteiger partial charge in [0, 0.05) is 18.1 Å². The predicted octanol–water partition coefficient (Wildman–Crippen LogP) is 0.730. The number of nitrogen functional groups attached to an aromatic ring is 1. The van der Waals surface area contributed by atoms with E-state index in [0.717, 1.165) is 4.31 Å². The highest BCUT2D eigenvalue weighted by molar-refractivity contribution is 7.92. The summed E-state index contributed by atoms with van der Waals surface area (Å²) in [7, 11) is -5.62. The maximum Gasteiger partial charge on any atom is 0.245 e. The maximum atomic E-state index is 12.5. The van der Waals surface area contributed by atoms with Crippen LogP contribution in [-0.2, 0) is 19.9 Å². The van der Waals surface area contributed by atoms with Crippen LogP contribution in [-0.4, -0.2) is 45.7 Å². The van der Waals surface area contributed by atoms with E-state index in [2.05, 4.69) is 0 Å². The van der Waals surface area contributed by atoms with E-state index in [1.165, 1.54) is 25.2 Å². The molecule has 1 heterocycles. The fraction of sp³-hybridized carbons (Fsp3) is 0.455. The van der Waals surface area contributed by atoms with Gasteiger partial charge in [-0.05, 0) is 24.6 Å². The van der Waals surface area contributed by atoms with Crippen molar-refractivity contribution in [2.75, 3.05) is 24.3 Å². The van der Waals surface area contributed by atoms with Gasteiger partial charge in [0.25, 0.3) is 0 Å². The van der Waals surface area contributed by atoms with Gasteiger partial charge in [0.1, 0.15) is 4.90 Å². The van der Waals surface area contributed by atoms with Gasteiger partial charge >= 0.3 is 0 Å². The molecule has 1 aliphatic heterocycles. The summed E-state index contributed by atoms with van der Waals surface area (Å²) < 4.78 is 48.9. The number of hydrogen-bond donors (Lipinski definition) is 1. The van der Waals surface area contributed by atoms with Crippen LogP contribution in [0.15, 0.2) is 23.1 Å². The Kier molecular flexibility index (Phi) is 4.03. The lowest BCUT2D eigenvalue weighted by Crippen LogP contribution is -2.38. The SMILES string of the molecule is CN(C1CCS(=O)(=O)C1)S(=O)(=O)c1ccc(Cl)cc1N. The van der Waals surface area contributed by atoms with E-state index < -0.39 is 25.9 Å². The van der Waals surface area contributed by atoms with Gasteiger partial charge in [0.2, 0.25) is 10.0 Å². The molecular weight excluding hydrogens is 324 g/mol. The molecule has 20 heavy (non-hydrogen) atoms. The Morgan fingerprint density at radius 2 is 2.05 bits per heavy atom. The Balaban J connectivity index is 2.35. The topological polar surface area (TPSA) is 97.5 Å². The minimum absolute atomic E-state index is 0.00757. The minimum atomic E-state index is -3.83. The van der Waals surface area contributed by atoms with Gasteiger partial charge in [-0.1, -0.05) is 11.6 Å². The predicted molar refractivity (Wildman–Crippen MR) is 77.9 cm³/mol. The lowest BCUT2D eigenvalue weighted by Gasteiger charge is -2.23. The standard InChI is InChI=1S/C11H15ClN2O4S2/c1-14(9-4-5-19(15,16)7-9)20(17,18)11-3-2-8(12)6-10(11)13/h2-3,6,9H,4-5,7,13H2,1H3. The van der Waals surface area contributed by atoms with Gasteiger partial charge in [-0.15, -0.1) is 0 Å². The number of anilines is 1. The highest BCUT2D eigenvalue weighted by atomic mass is 35.5. The van der Waals surface area contributed by atoms with E-state index in [4.69, 9.17) is 17.3 Å². The summed E-state index contributed by atoms with van der Waals surface area (Å²) in [4.78, 5) is -0.0614. The molecule has 0 radical (unpaired) electrons. The third kappa shape index (κ3) is 2.93. The summed E-state index contributed by atoms with van der Waals surface area (Å²) in [5.41, 5.74) is 5.74. The largest absolute Gasteiger partial charge is 0.398 e. The van der Waals surface area contributed by atoms with Crippen molar-refractivity contribution in [3.8, 4) is 0 Å². The molecule has 6 nitrogen and oxygen atoms in total. The lowest BCUT2D eigenvalue weighted by atomic mass is 10.3. The van der Waals surface area contributed by atoms with E-state index in [1.54, 1.807) is 0 Å². The highest BCUT2D eigenvalue weighted by Crippen LogP contribution is 2.28. The first kappa shape index (κ1) is 15.6. The van der Waals surface area contributed by atoms with Crippen molar-refractivity contribution >= 4 is 37.1 Å². The third-order valence-electron chi connectivity index (χ3n) is 3.35. The first-order valence-electron chi connectivity index (χ1n) is 5.87. The fourth-order valence-electron chi connectivity index (χ4n) is 2.17. The molecular formula is C11H15ClN2O4S2. The van der Waals surface area contributed by atoms with Crippen LogP contribution in [0.5, 0.6) is 0 Å². The van der Waals surface area contributed by atoms with Crippen molar-refractivity contribution in [1.82, 2.24) is 4.31 Å². The van der Waals surface area contributed by atoms with Crippen LogP contribution >= 0.6 is 11.6 Å². The summed E-state index contributed by atoms with van der Waals surface area (Å²) in [5.74, 6) is -0.149. The molecule has 0 aliphatic carbocycles. The Morgan fingerprint density at radius 3 is 2.55 bits per heavy atom. The number of nitrogens with zero attached hydrogens (tertiary/aromatic N) is 1. The van der Waals surface area contributed by atoms with Crippen LogP contribution in [0.1, 0.15) is 6.42 Å². The summed E-state index contributed by atoms with van der Waals surface area (Å²) in [6.07, 6.45) is 0.297. The van der Waals surface area contributed by atoms with Crippen LogP contribution in [0.4, 0.5) is 5.69 Å². The molecule has 1 atom stereocenters. The molecule has 1 unspecified atom stereocenters. The molecule has 2 N–H and O–H groups in total. The summed E-state index contributed by atoms with van der Waals surface area (Å²) in [5, 5.41) is 0.340. The van der Waals surface area contributed by atoms with Crippen molar-refractivity contribution in [2.45, 2.75) is 17.4 Å². The second-order valence-electron chi connectivity index (χ2n) is 4.76. The number of sulfonamides is 1. The van der Waals surface area contributed by atoms with Crippen molar-refractivity contribution in [1.29, 1.82) is 0 Å². The number of benzene rings is 1. The molecule has 1 aromatic carbocycles. The van der Waals surface area contributed by atoms with Gasteiger partial charge in [0.05, 0.1) is 17.2 Å². The van der Waals surface area contributed by atoms with Crippen LogP contribution in [0.3, 0.4) is 0 Å². The van der Waals surface area contributed by atoms with Gasteiger partial charge in [-0.3, -0.25) is 0 Å². The van der Waals surface area contributed by atoms with Gasteiger partial charge < -0.3 is 5.73 Å². The average Bonchev–Trinajstić information content (AvgIpc) is 2.68. The molecule has 1 aliphatic rings. The fourth-order valence-corrected chi connectivity index (χ4v) is 5.70. The van der Waals surface area contributed by atoms with Crippen molar-refractivity contribution in [3.05, 3.63) is 23.2 Å². The molecule has 2 rings (SSSR count). The first-order chi connectivity index (χ1) is 9.13. The first-order valence-corrected chi connectivity index (χ1v) is 9.51. The minimum Gasteiger partial charge on any atom is -0.398 e. The molecule has 112 valence electrons. The van der Waals surface area contributed by atoms with Gasteiger partial charge in [0.15, 0.2) is 9.84 Å². The van der Waals surface area contributed by atoms with E-state index in [1.807, 2.05) is 0 Å². The monoisotopic (exact) mass is 338 g/mol. The van der Waals surface area contributed by atoms with Gasteiger partial charge in [-0.25, -0.2) is 16.8 Å². The normalized spacial score (nSPS) is 22.2. The molecule has 0 saturated carbocycles. The average molecular weight is 339 g/mol. The molecule has 9 heteroatoms. The molecule has 1 fully saturated rings. The molecule has 0 aromatic heterocycles. The lowest BCUT2D eigenvalue weighted by molar-refractivity contribution is 0.394. The molecule has 1 saturated heterocycles. The summed E-state index contributed by atoms with van der Waals surface area (Å²) in [6.45, 7) is 0. The molecule has 0 amide bonds.